The monoisotopic (exact) mass is 166 g/mol. The Kier molecular flexibility index (Phi) is 3.27. The molecule has 0 nitrogen and oxygen atoms in total. The molecule has 0 aliphatic carbocycles. The molecule has 1 aromatic carbocycles. The third-order valence-corrected chi connectivity index (χ3v) is 2.16. The highest BCUT2D eigenvalue weighted by molar-refractivity contribution is 5.19. The molecule has 12 heavy (non-hydrogen) atoms. The summed E-state index contributed by atoms with van der Waals surface area (Å²) in [6.45, 7) is 4.34. The smallest absolute Gasteiger partial charge is 0.123 e. The molecule has 1 aromatic rings. The molecule has 0 radical (unpaired) electrons. The fourth-order valence-corrected chi connectivity index (χ4v) is 1.39. The van der Waals surface area contributed by atoms with E-state index in [1.54, 1.807) is 0 Å². The Morgan fingerprint density at radius 1 is 1.25 bits per heavy atom. The topological polar surface area (TPSA) is 0 Å². The van der Waals surface area contributed by atoms with Gasteiger partial charge in [-0.3, -0.25) is 0 Å². The van der Waals surface area contributed by atoms with Crippen molar-refractivity contribution < 1.29 is 4.39 Å². The van der Waals surface area contributed by atoms with Crippen molar-refractivity contribution in [2.45, 2.75) is 32.6 Å². The highest BCUT2D eigenvalue weighted by atomic mass is 19.1. The van der Waals surface area contributed by atoms with E-state index < -0.39 is 0 Å². The van der Waals surface area contributed by atoms with Gasteiger partial charge in [-0.25, -0.2) is 4.39 Å². The van der Waals surface area contributed by atoms with Crippen molar-refractivity contribution in [2.75, 3.05) is 0 Å². The second-order valence-corrected chi connectivity index (χ2v) is 3.24. The fourth-order valence-electron chi connectivity index (χ4n) is 1.39. The molecule has 0 aromatic heterocycles. The van der Waals surface area contributed by atoms with Crippen LogP contribution >= 0.6 is 0 Å². The van der Waals surface area contributed by atoms with Gasteiger partial charge in [-0.15, -0.1) is 0 Å². The Balaban J connectivity index is 2.68. The van der Waals surface area contributed by atoms with Gasteiger partial charge in [0, 0.05) is 0 Å². The van der Waals surface area contributed by atoms with E-state index in [0.29, 0.717) is 5.92 Å². The van der Waals surface area contributed by atoms with E-state index in [0.717, 1.165) is 0 Å². The van der Waals surface area contributed by atoms with E-state index in [-0.39, 0.29) is 5.82 Å². The summed E-state index contributed by atoms with van der Waals surface area (Å²) in [7, 11) is 0. The lowest BCUT2D eigenvalue weighted by Crippen LogP contribution is -1.92. The first-order chi connectivity index (χ1) is 5.74. The van der Waals surface area contributed by atoms with Crippen LogP contribution in [0, 0.1) is 5.82 Å². The second-order valence-electron chi connectivity index (χ2n) is 3.24. The molecule has 0 fully saturated rings. The van der Waals surface area contributed by atoms with Crippen molar-refractivity contribution >= 4 is 0 Å². The quantitative estimate of drug-likeness (QED) is 0.641. The summed E-state index contributed by atoms with van der Waals surface area (Å²) in [5.41, 5.74) is 1.23. The summed E-state index contributed by atoms with van der Waals surface area (Å²) in [6, 6.07) is 6.80. The third-order valence-electron chi connectivity index (χ3n) is 2.16. The maximum Gasteiger partial charge on any atom is 0.123 e. The molecule has 0 unspecified atom stereocenters. The molecule has 0 amide bonds. The molecule has 0 aliphatic heterocycles. The van der Waals surface area contributed by atoms with Crippen LogP contribution in [0.5, 0.6) is 0 Å². The molecular formula is C11H15F. The maximum atomic E-state index is 12.5. The Morgan fingerprint density at radius 3 is 2.33 bits per heavy atom. The SMILES string of the molecule is CCC[C@@H](C)c1ccc(F)cc1. The van der Waals surface area contributed by atoms with Gasteiger partial charge in [0.1, 0.15) is 5.82 Å². The minimum absolute atomic E-state index is 0.151. The number of hydrogen-bond donors (Lipinski definition) is 0. The molecule has 1 atom stereocenters. The lowest BCUT2D eigenvalue weighted by Gasteiger charge is -2.09. The zero-order valence-electron chi connectivity index (χ0n) is 7.68. The van der Waals surface area contributed by atoms with E-state index in [4.69, 9.17) is 0 Å². The lowest BCUT2D eigenvalue weighted by atomic mass is 9.97. The van der Waals surface area contributed by atoms with Gasteiger partial charge in [0.25, 0.3) is 0 Å². The Labute approximate surface area is 73.4 Å². The average molecular weight is 166 g/mol. The van der Waals surface area contributed by atoms with Crippen LogP contribution in [0.15, 0.2) is 24.3 Å². The predicted octanol–water partition coefficient (Wildman–Crippen LogP) is 3.73. The van der Waals surface area contributed by atoms with E-state index >= 15 is 0 Å². The van der Waals surface area contributed by atoms with Crippen LogP contribution in [0.1, 0.15) is 38.2 Å². The third kappa shape index (κ3) is 2.33. The van der Waals surface area contributed by atoms with Crippen molar-refractivity contribution in [3.63, 3.8) is 0 Å². The van der Waals surface area contributed by atoms with Gasteiger partial charge >= 0.3 is 0 Å². The van der Waals surface area contributed by atoms with Crippen molar-refractivity contribution in [2.24, 2.45) is 0 Å². The summed E-state index contributed by atoms with van der Waals surface area (Å²) in [5, 5.41) is 0. The van der Waals surface area contributed by atoms with Gasteiger partial charge in [0.15, 0.2) is 0 Å². The van der Waals surface area contributed by atoms with Gasteiger partial charge in [-0.05, 0) is 30.0 Å². The van der Waals surface area contributed by atoms with Crippen LogP contribution in [0.2, 0.25) is 0 Å². The van der Waals surface area contributed by atoms with E-state index in [1.165, 1.54) is 30.5 Å². The minimum Gasteiger partial charge on any atom is -0.207 e. The Bertz CT molecular complexity index is 225. The van der Waals surface area contributed by atoms with Crippen LogP contribution < -0.4 is 0 Å². The molecule has 0 bridgehead atoms. The van der Waals surface area contributed by atoms with E-state index in [9.17, 15) is 4.39 Å². The normalized spacial score (nSPS) is 12.9. The summed E-state index contributed by atoms with van der Waals surface area (Å²) < 4.78 is 12.5. The van der Waals surface area contributed by atoms with E-state index in [2.05, 4.69) is 13.8 Å². The Morgan fingerprint density at radius 2 is 1.83 bits per heavy atom. The highest BCUT2D eigenvalue weighted by Gasteiger charge is 2.02. The van der Waals surface area contributed by atoms with Gasteiger partial charge in [0.05, 0.1) is 0 Å². The first-order valence-corrected chi connectivity index (χ1v) is 4.49. The van der Waals surface area contributed by atoms with Crippen molar-refractivity contribution in [3.8, 4) is 0 Å². The maximum absolute atomic E-state index is 12.5. The number of rotatable bonds is 3. The standard InChI is InChI=1S/C11H15F/c1-3-4-9(2)10-5-7-11(12)8-6-10/h5-9H,3-4H2,1-2H3/t9-/m1/s1. The average Bonchev–Trinajstić information content (AvgIpc) is 2.06. The van der Waals surface area contributed by atoms with Crippen molar-refractivity contribution in [3.05, 3.63) is 35.6 Å². The van der Waals surface area contributed by atoms with E-state index in [1.807, 2.05) is 12.1 Å². The minimum atomic E-state index is -0.151. The predicted molar refractivity (Wildman–Crippen MR) is 49.7 cm³/mol. The largest absolute Gasteiger partial charge is 0.207 e. The number of hydrogen-bond acceptors (Lipinski definition) is 0. The molecule has 0 saturated carbocycles. The first kappa shape index (κ1) is 9.24. The molecular weight excluding hydrogens is 151 g/mol. The molecule has 0 saturated heterocycles. The van der Waals surface area contributed by atoms with Crippen LogP contribution in [0.3, 0.4) is 0 Å². The van der Waals surface area contributed by atoms with Crippen LogP contribution in [0.25, 0.3) is 0 Å². The summed E-state index contributed by atoms with van der Waals surface area (Å²) in [6.07, 6.45) is 2.35. The van der Waals surface area contributed by atoms with Crippen LogP contribution in [-0.4, -0.2) is 0 Å². The molecule has 0 spiro atoms. The van der Waals surface area contributed by atoms with Crippen molar-refractivity contribution in [1.82, 2.24) is 0 Å². The first-order valence-electron chi connectivity index (χ1n) is 4.49. The highest BCUT2D eigenvalue weighted by Crippen LogP contribution is 2.20. The molecule has 1 rings (SSSR count). The van der Waals surface area contributed by atoms with Gasteiger partial charge < -0.3 is 0 Å². The summed E-state index contributed by atoms with van der Waals surface area (Å²) in [4.78, 5) is 0. The van der Waals surface area contributed by atoms with Gasteiger partial charge in [-0.1, -0.05) is 32.4 Å². The fraction of sp³-hybridized carbons (Fsp3) is 0.455. The van der Waals surface area contributed by atoms with Crippen molar-refractivity contribution in [1.29, 1.82) is 0 Å². The molecule has 1 heteroatoms. The summed E-state index contributed by atoms with van der Waals surface area (Å²) >= 11 is 0. The summed E-state index contributed by atoms with van der Waals surface area (Å²) in [5.74, 6) is 0.401. The lowest BCUT2D eigenvalue weighted by molar-refractivity contribution is 0.621. The van der Waals surface area contributed by atoms with Crippen LogP contribution in [0.4, 0.5) is 4.39 Å². The zero-order chi connectivity index (χ0) is 8.97. The Hall–Kier alpha value is -0.850. The van der Waals surface area contributed by atoms with Crippen LogP contribution in [-0.2, 0) is 0 Å². The molecule has 0 N–H and O–H groups in total. The van der Waals surface area contributed by atoms with Gasteiger partial charge in [0.2, 0.25) is 0 Å². The second kappa shape index (κ2) is 4.24. The molecule has 0 aliphatic rings. The molecule has 66 valence electrons. The van der Waals surface area contributed by atoms with Gasteiger partial charge in [-0.2, -0.15) is 0 Å². The zero-order valence-corrected chi connectivity index (χ0v) is 7.68. The number of benzene rings is 1. The molecule has 0 heterocycles. The number of halogens is 1.